The number of thioether (sulfide) groups is 1. The molecule has 0 radical (unpaired) electrons. The first-order valence-electron chi connectivity index (χ1n) is 5.45. The zero-order valence-electron chi connectivity index (χ0n) is 10.2. The fourth-order valence-electron chi connectivity index (χ4n) is 1.54. The quantitative estimate of drug-likeness (QED) is 0.704. The number of hydrogen-bond donors (Lipinski definition) is 2. The van der Waals surface area contributed by atoms with Crippen molar-refractivity contribution in [3.8, 4) is 5.75 Å². The van der Waals surface area contributed by atoms with Gasteiger partial charge in [0.15, 0.2) is 6.61 Å². The number of nitrogens with one attached hydrogen (secondary N) is 1. The van der Waals surface area contributed by atoms with Gasteiger partial charge in [-0.3, -0.25) is 14.9 Å². The fraction of sp³-hybridized carbons (Fsp3) is 0.0833. The molecule has 21 heavy (non-hydrogen) atoms. The van der Waals surface area contributed by atoms with E-state index in [4.69, 9.17) is 9.84 Å². The van der Waals surface area contributed by atoms with E-state index in [1.165, 1.54) is 6.08 Å². The molecule has 1 saturated heterocycles. The van der Waals surface area contributed by atoms with Crippen LogP contribution in [0.5, 0.6) is 5.75 Å². The minimum atomic E-state index is -1.12. The van der Waals surface area contributed by atoms with Gasteiger partial charge in [-0.25, -0.2) is 4.79 Å². The van der Waals surface area contributed by atoms with Crippen molar-refractivity contribution < 1.29 is 24.2 Å². The van der Waals surface area contributed by atoms with Gasteiger partial charge in [-0.05, 0) is 45.9 Å². The Labute approximate surface area is 140 Å². The van der Waals surface area contributed by atoms with Gasteiger partial charge in [0.05, 0.1) is 9.38 Å². The van der Waals surface area contributed by atoms with Gasteiger partial charge >= 0.3 is 5.97 Å². The average molecular weight is 437 g/mol. The molecule has 0 bridgehead atoms. The zero-order valence-corrected chi connectivity index (χ0v) is 14.2. The minimum absolute atomic E-state index is 0.213. The molecule has 1 aromatic rings. The molecule has 0 atom stereocenters. The Morgan fingerprint density at radius 3 is 2.67 bits per heavy atom. The zero-order chi connectivity index (χ0) is 15.6. The standard InChI is InChI=1S/C12H7Br2NO5S/c13-6-1-5(2-8-11(18)15-12(19)21-8)10(7(14)3-6)20-4-9(16)17/h1-3H,4H2,(H,16,17)(H,15,18,19)/b8-2-. The third kappa shape index (κ3) is 4.08. The molecule has 110 valence electrons. The fourth-order valence-corrected chi connectivity index (χ4v) is 3.58. The van der Waals surface area contributed by atoms with Gasteiger partial charge in [-0.1, -0.05) is 15.9 Å². The van der Waals surface area contributed by atoms with E-state index in [2.05, 4.69) is 37.2 Å². The highest BCUT2D eigenvalue weighted by Gasteiger charge is 2.25. The monoisotopic (exact) mass is 435 g/mol. The average Bonchev–Trinajstić information content (AvgIpc) is 2.66. The van der Waals surface area contributed by atoms with E-state index in [-0.39, 0.29) is 10.7 Å². The maximum atomic E-state index is 11.6. The molecule has 2 N–H and O–H groups in total. The Bertz CT molecular complexity index is 674. The van der Waals surface area contributed by atoms with E-state index in [9.17, 15) is 14.4 Å². The lowest BCUT2D eigenvalue weighted by atomic mass is 10.2. The number of carboxylic acid groups (broad SMARTS) is 1. The summed E-state index contributed by atoms with van der Waals surface area (Å²) in [6.45, 7) is -0.519. The van der Waals surface area contributed by atoms with Crippen LogP contribution in [-0.2, 0) is 9.59 Å². The van der Waals surface area contributed by atoms with Crippen LogP contribution < -0.4 is 10.1 Å². The summed E-state index contributed by atoms with van der Waals surface area (Å²) >= 11 is 7.34. The number of ether oxygens (including phenoxy) is 1. The molecule has 0 aromatic heterocycles. The van der Waals surface area contributed by atoms with Crippen LogP contribution in [0.25, 0.3) is 6.08 Å². The van der Waals surface area contributed by atoms with Crippen LogP contribution in [0.1, 0.15) is 5.56 Å². The van der Waals surface area contributed by atoms with Crippen molar-refractivity contribution in [3.63, 3.8) is 0 Å². The SMILES string of the molecule is O=C(O)COc1c(Br)cc(Br)cc1/C=C1\SC(=O)NC1=O. The van der Waals surface area contributed by atoms with E-state index in [0.29, 0.717) is 14.5 Å². The van der Waals surface area contributed by atoms with Crippen LogP contribution in [0, 0.1) is 0 Å². The second-order valence-electron chi connectivity index (χ2n) is 3.84. The molecule has 1 fully saturated rings. The number of amides is 2. The van der Waals surface area contributed by atoms with Gasteiger partial charge in [0, 0.05) is 10.0 Å². The van der Waals surface area contributed by atoms with E-state index in [1.807, 2.05) is 0 Å². The van der Waals surface area contributed by atoms with Crippen LogP contribution in [0.4, 0.5) is 4.79 Å². The lowest BCUT2D eigenvalue weighted by Gasteiger charge is -2.10. The highest BCUT2D eigenvalue weighted by Crippen LogP contribution is 2.36. The topological polar surface area (TPSA) is 92.7 Å². The van der Waals surface area contributed by atoms with Crippen LogP contribution in [0.2, 0.25) is 0 Å². The lowest BCUT2D eigenvalue weighted by molar-refractivity contribution is -0.139. The summed E-state index contributed by atoms with van der Waals surface area (Å²) in [6.07, 6.45) is 1.47. The first-order chi connectivity index (χ1) is 9.86. The maximum absolute atomic E-state index is 11.6. The molecular formula is C12H7Br2NO5S. The first-order valence-corrected chi connectivity index (χ1v) is 7.85. The van der Waals surface area contributed by atoms with Crippen molar-refractivity contribution in [3.05, 3.63) is 31.5 Å². The first kappa shape index (κ1) is 16.1. The van der Waals surface area contributed by atoms with Crippen molar-refractivity contribution in [1.29, 1.82) is 0 Å². The predicted octanol–water partition coefficient (Wildman–Crippen LogP) is 3.00. The molecule has 0 saturated carbocycles. The van der Waals surface area contributed by atoms with E-state index >= 15 is 0 Å². The maximum Gasteiger partial charge on any atom is 0.341 e. The second kappa shape index (κ2) is 6.63. The number of rotatable bonds is 4. The normalized spacial score (nSPS) is 16.2. The minimum Gasteiger partial charge on any atom is -0.480 e. The van der Waals surface area contributed by atoms with Crippen molar-refractivity contribution in [1.82, 2.24) is 5.32 Å². The summed E-state index contributed by atoms with van der Waals surface area (Å²) in [4.78, 5) is 33.5. The van der Waals surface area contributed by atoms with E-state index in [1.54, 1.807) is 12.1 Å². The van der Waals surface area contributed by atoms with Crippen molar-refractivity contribution in [2.24, 2.45) is 0 Å². The molecule has 0 unspecified atom stereocenters. The Morgan fingerprint density at radius 1 is 1.38 bits per heavy atom. The molecule has 1 aromatic carbocycles. The molecular weight excluding hydrogens is 430 g/mol. The highest BCUT2D eigenvalue weighted by atomic mass is 79.9. The molecule has 2 rings (SSSR count). The summed E-state index contributed by atoms with van der Waals surface area (Å²) < 4.78 is 6.45. The summed E-state index contributed by atoms with van der Waals surface area (Å²) in [5.41, 5.74) is 0.477. The summed E-state index contributed by atoms with van der Waals surface area (Å²) in [5, 5.41) is 10.4. The number of halogens is 2. The molecule has 9 heteroatoms. The van der Waals surface area contributed by atoms with Gasteiger partial charge in [0.2, 0.25) is 0 Å². The lowest BCUT2D eigenvalue weighted by Crippen LogP contribution is -2.17. The second-order valence-corrected chi connectivity index (χ2v) is 6.63. The van der Waals surface area contributed by atoms with Crippen molar-refractivity contribution >= 4 is 66.8 Å². The Morgan fingerprint density at radius 2 is 2.10 bits per heavy atom. The van der Waals surface area contributed by atoms with Crippen molar-refractivity contribution in [2.75, 3.05) is 6.61 Å². The summed E-state index contributed by atoms with van der Waals surface area (Å²) in [5.74, 6) is -1.34. The van der Waals surface area contributed by atoms with Gasteiger partial charge in [0.25, 0.3) is 11.1 Å². The third-order valence-corrected chi connectivity index (χ3v) is 4.16. The van der Waals surface area contributed by atoms with Gasteiger partial charge < -0.3 is 9.84 Å². The molecule has 1 aliphatic heterocycles. The van der Waals surface area contributed by atoms with E-state index < -0.39 is 23.7 Å². The number of carbonyl (C=O) groups is 3. The van der Waals surface area contributed by atoms with Gasteiger partial charge in [0.1, 0.15) is 5.75 Å². The molecule has 0 spiro atoms. The van der Waals surface area contributed by atoms with Crippen LogP contribution in [-0.4, -0.2) is 28.8 Å². The molecule has 1 aliphatic rings. The summed E-state index contributed by atoms with van der Waals surface area (Å²) in [7, 11) is 0. The Hall–Kier alpha value is -1.32. The van der Waals surface area contributed by atoms with Gasteiger partial charge in [-0.2, -0.15) is 0 Å². The predicted molar refractivity (Wildman–Crippen MR) is 84.1 cm³/mol. The largest absolute Gasteiger partial charge is 0.480 e. The Kier molecular flexibility index (Phi) is 5.07. The number of benzene rings is 1. The summed E-state index contributed by atoms with van der Waals surface area (Å²) in [6, 6.07) is 3.35. The number of carbonyl (C=O) groups excluding carboxylic acids is 2. The number of aliphatic carboxylic acids is 1. The van der Waals surface area contributed by atoms with Crippen LogP contribution in [0.15, 0.2) is 26.0 Å². The molecule has 0 aliphatic carbocycles. The number of hydrogen-bond acceptors (Lipinski definition) is 5. The molecule has 1 heterocycles. The van der Waals surface area contributed by atoms with Crippen LogP contribution in [0.3, 0.4) is 0 Å². The van der Waals surface area contributed by atoms with Crippen molar-refractivity contribution in [2.45, 2.75) is 0 Å². The number of imide groups is 1. The molecule has 2 amide bonds. The van der Waals surface area contributed by atoms with Gasteiger partial charge in [-0.15, -0.1) is 0 Å². The number of carboxylic acids is 1. The smallest absolute Gasteiger partial charge is 0.341 e. The highest BCUT2D eigenvalue weighted by molar-refractivity contribution is 9.11. The third-order valence-electron chi connectivity index (χ3n) is 2.31. The Balaban J connectivity index is 2.41. The molecule has 6 nitrogen and oxygen atoms in total. The van der Waals surface area contributed by atoms with E-state index in [0.717, 1.165) is 11.8 Å². The van der Waals surface area contributed by atoms with Crippen LogP contribution >= 0.6 is 43.6 Å².